The maximum absolute atomic E-state index is 13.8. The van der Waals surface area contributed by atoms with Crippen LogP contribution < -0.4 is 11.1 Å². The zero-order chi connectivity index (χ0) is 13.8. The topological polar surface area (TPSA) is 55.1 Å². The summed E-state index contributed by atoms with van der Waals surface area (Å²) < 4.78 is 27.1. The van der Waals surface area contributed by atoms with Crippen LogP contribution in [0.5, 0.6) is 0 Å². The van der Waals surface area contributed by atoms with Gasteiger partial charge >= 0.3 is 0 Å². The van der Waals surface area contributed by atoms with Crippen LogP contribution in [0.1, 0.15) is 32.3 Å². The Morgan fingerprint density at radius 2 is 2.11 bits per heavy atom. The minimum atomic E-state index is -0.992. The molecule has 0 heterocycles. The summed E-state index contributed by atoms with van der Waals surface area (Å²) >= 11 is 0. The number of carbonyl (C=O) groups is 1. The number of rotatable bonds is 6. The zero-order valence-electron chi connectivity index (χ0n) is 10.6. The van der Waals surface area contributed by atoms with Crippen LogP contribution in [0, 0.1) is 11.6 Å². The molecule has 0 radical (unpaired) electrons. The molecule has 1 unspecified atom stereocenters. The largest absolute Gasteiger partial charge is 0.370 e. The van der Waals surface area contributed by atoms with Gasteiger partial charge in [-0.05, 0) is 26.0 Å². The second kappa shape index (κ2) is 5.91. The Morgan fingerprint density at radius 3 is 2.67 bits per heavy atom. The summed E-state index contributed by atoms with van der Waals surface area (Å²) in [7, 11) is 0. The van der Waals surface area contributed by atoms with E-state index in [4.69, 9.17) is 5.73 Å². The molecule has 0 saturated carbocycles. The van der Waals surface area contributed by atoms with Crippen molar-refractivity contribution < 1.29 is 13.6 Å². The van der Waals surface area contributed by atoms with E-state index in [2.05, 4.69) is 5.32 Å². The first-order valence-electron chi connectivity index (χ1n) is 5.88. The molecule has 0 aromatic heterocycles. The Hall–Kier alpha value is -1.49. The summed E-state index contributed by atoms with van der Waals surface area (Å²) in [6.45, 7) is 4.17. The van der Waals surface area contributed by atoms with Crippen LogP contribution in [0.4, 0.5) is 8.78 Å². The van der Waals surface area contributed by atoms with Crippen molar-refractivity contribution in [1.29, 1.82) is 0 Å². The van der Waals surface area contributed by atoms with Gasteiger partial charge in [0, 0.05) is 12.0 Å². The molecule has 0 saturated heterocycles. The van der Waals surface area contributed by atoms with Gasteiger partial charge in [-0.3, -0.25) is 4.79 Å². The van der Waals surface area contributed by atoms with E-state index in [1.165, 1.54) is 12.1 Å². The van der Waals surface area contributed by atoms with Gasteiger partial charge < -0.3 is 11.1 Å². The molecular formula is C13H18F2N2O. The second-order valence-electron chi connectivity index (χ2n) is 4.50. The summed E-state index contributed by atoms with van der Waals surface area (Å²) in [6, 6.07) is 3.92. The predicted octanol–water partition coefficient (Wildman–Crippen LogP) is 2.05. The van der Waals surface area contributed by atoms with Gasteiger partial charge in [0.2, 0.25) is 5.91 Å². The lowest BCUT2D eigenvalue weighted by molar-refractivity contribution is -0.119. The molecule has 0 spiro atoms. The first-order chi connectivity index (χ1) is 8.40. The van der Waals surface area contributed by atoms with Crippen molar-refractivity contribution in [2.24, 2.45) is 5.73 Å². The van der Waals surface area contributed by atoms with E-state index in [-0.39, 0.29) is 12.0 Å². The molecule has 5 heteroatoms. The fraction of sp³-hybridized carbons (Fsp3) is 0.462. The number of halogens is 2. The number of hydrogen-bond acceptors (Lipinski definition) is 2. The molecule has 3 nitrogen and oxygen atoms in total. The maximum atomic E-state index is 13.8. The number of hydrogen-bond donors (Lipinski definition) is 2. The van der Waals surface area contributed by atoms with Crippen molar-refractivity contribution >= 4 is 5.91 Å². The van der Waals surface area contributed by atoms with Gasteiger partial charge in [-0.1, -0.05) is 19.1 Å². The maximum Gasteiger partial charge on any atom is 0.219 e. The van der Waals surface area contributed by atoms with Gasteiger partial charge in [0.15, 0.2) is 11.6 Å². The number of primary amides is 1. The third kappa shape index (κ3) is 3.26. The number of amides is 1. The fourth-order valence-electron chi connectivity index (χ4n) is 1.93. The first-order valence-corrected chi connectivity index (χ1v) is 5.88. The van der Waals surface area contributed by atoms with E-state index in [1.807, 2.05) is 6.92 Å². The highest BCUT2D eigenvalue weighted by Crippen LogP contribution is 2.28. The summed E-state index contributed by atoms with van der Waals surface area (Å²) in [5.41, 5.74) is 4.31. The lowest BCUT2D eigenvalue weighted by Crippen LogP contribution is -2.44. The van der Waals surface area contributed by atoms with Crippen molar-refractivity contribution in [3.05, 3.63) is 35.4 Å². The van der Waals surface area contributed by atoms with Crippen molar-refractivity contribution in [2.75, 3.05) is 6.54 Å². The van der Waals surface area contributed by atoms with E-state index in [9.17, 15) is 13.6 Å². The number of benzene rings is 1. The van der Waals surface area contributed by atoms with Crippen LogP contribution in [0.2, 0.25) is 0 Å². The van der Waals surface area contributed by atoms with Crippen molar-refractivity contribution in [3.8, 4) is 0 Å². The number of nitrogens with two attached hydrogens (primary N) is 1. The van der Waals surface area contributed by atoms with Crippen molar-refractivity contribution in [2.45, 2.75) is 32.2 Å². The predicted molar refractivity (Wildman–Crippen MR) is 65.8 cm³/mol. The molecule has 1 aromatic rings. The van der Waals surface area contributed by atoms with Crippen LogP contribution in [0.15, 0.2) is 18.2 Å². The SMILES string of the molecule is CCCNC(C)(CC(N)=O)c1cccc(F)c1F. The van der Waals surface area contributed by atoms with E-state index in [0.29, 0.717) is 6.54 Å². The fourth-order valence-corrected chi connectivity index (χ4v) is 1.93. The lowest BCUT2D eigenvalue weighted by atomic mass is 9.87. The molecule has 0 aliphatic heterocycles. The van der Waals surface area contributed by atoms with Crippen molar-refractivity contribution in [1.82, 2.24) is 5.32 Å². The first kappa shape index (κ1) is 14.6. The number of nitrogens with one attached hydrogen (secondary N) is 1. The third-order valence-corrected chi connectivity index (χ3v) is 2.84. The van der Waals surface area contributed by atoms with E-state index in [1.54, 1.807) is 6.92 Å². The Balaban J connectivity index is 3.16. The Morgan fingerprint density at radius 1 is 1.44 bits per heavy atom. The minimum absolute atomic E-state index is 0.0899. The van der Waals surface area contributed by atoms with E-state index in [0.717, 1.165) is 12.5 Å². The summed E-state index contributed by atoms with van der Waals surface area (Å²) in [6.07, 6.45) is 0.721. The second-order valence-corrected chi connectivity index (χ2v) is 4.50. The normalized spacial score (nSPS) is 14.2. The van der Waals surface area contributed by atoms with Gasteiger partial charge in [-0.2, -0.15) is 0 Å². The summed E-state index contributed by atoms with van der Waals surface area (Å²) in [5.74, 6) is -2.43. The van der Waals surface area contributed by atoms with E-state index < -0.39 is 23.1 Å². The van der Waals surface area contributed by atoms with Crippen LogP contribution in [0.3, 0.4) is 0 Å². The molecule has 100 valence electrons. The zero-order valence-corrected chi connectivity index (χ0v) is 10.6. The van der Waals surface area contributed by atoms with E-state index >= 15 is 0 Å². The minimum Gasteiger partial charge on any atom is -0.370 e. The smallest absolute Gasteiger partial charge is 0.219 e. The Kier molecular flexibility index (Phi) is 4.78. The molecule has 1 atom stereocenters. The lowest BCUT2D eigenvalue weighted by Gasteiger charge is -2.30. The summed E-state index contributed by atoms with van der Waals surface area (Å²) in [5, 5.41) is 3.05. The molecule has 3 N–H and O–H groups in total. The monoisotopic (exact) mass is 256 g/mol. The molecule has 0 aliphatic carbocycles. The molecular weight excluding hydrogens is 238 g/mol. The van der Waals surface area contributed by atoms with Crippen LogP contribution in [-0.4, -0.2) is 12.5 Å². The van der Waals surface area contributed by atoms with Gasteiger partial charge in [0.1, 0.15) is 0 Å². The highest BCUT2D eigenvalue weighted by Gasteiger charge is 2.31. The molecule has 1 aromatic carbocycles. The molecule has 1 amide bonds. The number of carbonyl (C=O) groups excluding carboxylic acids is 1. The standard InChI is InChI=1S/C13H18F2N2O/c1-3-7-17-13(2,8-11(16)18)9-5-4-6-10(14)12(9)15/h4-6,17H,3,7-8H2,1-2H3,(H2,16,18). The van der Waals surface area contributed by atoms with Gasteiger partial charge in [-0.25, -0.2) is 8.78 Å². The van der Waals surface area contributed by atoms with Crippen molar-refractivity contribution in [3.63, 3.8) is 0 Å². The van der Waals surface area contributed by atoms with Gasteiger partial charge in [0.25, 0.3) is 0 Å². The molecule has 0 aliphatic rings. The Labute approximate surface area is 105 Å². The molecule has 0 fully saturated rings. The van der Waals surface area contributed by atoms with Crippen LogP contribution in [0.25, 0.3) is 0 Å². The third-order valence-electron chi connectivity index (χ3n) is 2.84. The molecule has 1 rings (SSSR count). The molecule has 18 heavy (non-hydrogen) atoms. The van der Waals surface area contributed by atoms with Crippen LogP contribution >= 0.6 is 0 Å². The Bertz CT molecular complexity index is 437. The average molecular weight is 256 g/mol. The summed E-state index contributed by atoms with van der Waals surface area (Å²) in [4.78, 5) is 11.1. The highest BCUT2D eigenvalue weighted by atomic mass is 19.2. The van der Waals surface area contributed by atoms with Gasteiger partial charge in [0.05, 0.1) is 5.54 Å². The molecule has 0 bridgehead atoms. The highest BCUT2D eigenvalue weighted by molar-refractivity contribution is 5.75. The average Bonchev–Trinajstić information content (AvgIpc) is 2.29. The van der Waals surface area contributed by atoms with Crippen LogP contribution in [-0.2, 0) is 10.3 Å². The quantitative estimate of drug-likeness (QED) is 0.818. The van der Waals surface area contributed by atoms with Gasteiger partial charge in [-0.15, -0.1) is 0 Å².